The fourth-order valence-electron chi connectivity index (χ4n) is 2.86. The molecule has 3 nitrogen and oxygen atoms in total. The zero-order valence-electron chi connectivity index (χ0n) is 13.8. The Hall–Kier alpha value is -2.78. The first-order chi connectivity index (χ1) is 12.3. The van der Waals surface area contributed by atoms with E-state index in [0.29, 0.717) is 18.5 Å². The lowest BCUT2D eigenvalue weighted by molar-refractivity contribution is -0.137. The van der Waals surface area contributed by atoms with Crippen LogP contribution in [-0.4, -0.2) is 35.1 Å². The largest absolute Gasteiger partial charge is 0.417 e. The van der Waals surface area contributed by atoms with Gasteiger partial charge in [-0.3, -0.25) is 4.79 Å². The molecule has 0 radical (unpaired) electrons. The summed E-state index contributed by atoms with van der Waals surface area (Å²) < 4.78 is 40.4. The third-order valence-electron chi connectivity index (χ3n) is 4.17. The zero-order chi connectivity index (χ0) is 18.7. The van der Waals surface area contributed by atoms with Crippen molar-refractivity contribution in [3.63, 3.8) is 0 Å². The summed E-state index contributed by atoms with van der Waals surface area (Å²) in [6, 6.07) is 12.1. The number of aliphatic hydroxyl groups excluding tert-OH is 1. The summed E-state index contributed by atoms with van der Waals surface area (Å²) in [5.41, 5.74) is -0.149. The third kappa shape index (κ3) is 4.06. The number of alkyl halides is 3. The van der Waals surface area contributed by atoms with Crippen molar-refractivity contribution in [2.75, 3.05) is 13.1 Å². The minimum absolute atomic E-state index is 0.0673. The normalized spacial score (nSPS) is 16.9. The van der Waals surface area contributed by atoms with E-state index in [1.807, 2.05) is 0 Å². The van der Waals surface area contributed by atoms with Gasteiger partial charge in [0.15, 0.2) is 0 Å². The van der Waals surface area contributed by atoms with Crippen LogP contribution in [0, 0.1) is 11.8 Å². The summed E-state index contributed by atoms with van der Waals surface area (Å²) in [5, 5.41) is 9.43. The fraction of sp³-hybridized carbons (Fsp3) is 0.250. The summed E-state index contributed by atoms with van der Waals surface area (Å²) in [6.07, 6.45) is -4.62. The Morgan fingerprint density at radius 1 is 1.15 bits per heavy atom. The second-order valence-electron chi connectivity index (χ2n) is 6.07. The van der Waals surface area contributed by atoms with Gasteiger partial charge in [-0.1, -0.05) is 42.3 Å². The molecule has 0 bridgehead atoms. The lowest BCUT2D eigenvalue weighted by Crippen LogP contribution is -2.28. The number of likely N-dealkylation sites (tertiary alicyclic amines) is 1. The van der Waals surface area contributed by atoms with Gasteiger partial charge < -0.3 is 10.0 Å². The van der Waals surface area contributed by atoms with Crippen molar-refractivity contribution in [2.24, 2.45) is 0 Å². The molecule has 0 saturated carbocycles. The number of rotatable bonds is 1. The van der Waals surface area contributed by atoms with Gasteiger partial charge in [0.05, 0.1) is 11.7 Å². The maximum absolute atomic E-state index is 13.5. The second kappa shape index (κ2) is 7.22. The molecule has 0 aliphatic carbocycles. The number of amides is 1. The molecule has 6 heteroatoms. The van der Waals surface area contributed by atoms with Crippen LogP contribution in [0.1, 0.15) is 17.5 Å². The monoisotopic (exact) mass is 359 g/mol. The number of hydrogen-bond donors (Lipinski definition) is 1. The minimum atomic E-state index is -4.54. The number of carbonyl (C=O) groups excluding carboxylic acids is 1. The van der Waals surface area contributed by atoms with Crippen LogP contribution in [0.15, 0.2) is 48.5 Å². The predicted octanol–water partition coefficient (Wildman–Crippen LogP) is 3.32. The van der Waals surface area contributed by atoms with Crippen LogP contribution in [0.25, 0.3) is 11.1 Å². The van der Waals surface area contributed by atoms with Crippen molar-refractivity contribution < 1.29 is 23.1 Å². The van der Waals surface area contributed by atoms with Gasteiger partial charge in [0.1, 0.15) is 0 Å². The van der Waals surface area contributed by atoms with E-state index in [4.69, 9.17) is 0 Å². The number of halogens is 3. The summed E-state index contributed by atoms with van der Waals surface area (Å²) in [7, 11) is 0. The lowest BCUT2D eigenvalue weighted by atomic mass is 9.97. The molecule has 1 N–H and O–H groups in total. The molecular formula is C20H16F3NO2. The first kappa shape index (κ1) is 18.0. The Morgan fingerprint density at radius 2 is 1.88 bits per heavy atom. The molecule has 0 spiro atoms. The van der Waals surface area contributed by atoms with Crippen molar-refractivity contribution in [3.05, 3.63) is 59.7 Å². The van der Waals surface area contributed by atoms with E-state index in [2.05, 4.69) is 11.8 Å². The van der Waals surface area contributed by atoms with Crippen molar-refractivity contribution in [1.82, 2.24) is 4.90 Å². The molecule has 1 amide bonds. The lowest BCUT2D eigenvalue weighted by Gasteiger charge is -2.13. The summed E-state index contributed by atoms with van der Waals surface area (Å²) in [6.45, 7) is 0.601. The number of nitrogens with zero attached hydrogens (tertiary/aromatic N) is 1. The molecule has 1 heterocycles. The highest BCUT2D eigenvalue weighted by atomic mass is 19.4. The Balaban J connectivity index is 1.91. The van der Waals surface area contributed by atoms with Gasteiger partial charge in [-0.05, 0) is 29.7 Å². The molecule has 1 fully saturated rings. The predicted molar refractivity (Wildman–Crippen MR) is 91.0 cm³/mol. The standard InChI is InChI=1S/C20H16F3NO2/c21-20(22,23)18-12-14(6-8-17(18)15-4-2-1-3-5-15)7-9-19(26)24-11-10-16(25)13-24/h1-6,8,12,16,25H,10-11,13H2/t16-/m0/s1. The molecule has 2 aromatic rings. The number of aliphatic hydroxyl groups is 1. The highest BCUT2D eigenvalue weighted by Crippen LogP contribution is 2.37. The quantitative estimate of drug-likeness (QED) is 0.794. The van der Waals surface area contributed by atoms with Crippen molar-refractivity contribution >= 4 is 5.91 Å². The van der Waals surface area contributed by atoms with E-state index in [1.165, 1.54) is 17.0 Å². The third-order valence-corrected chi connectivity index (χ3v) is 4.17. The van der Waals surface area contributed by atoms with Crippen LogP contribution in [0.3, 0.4) is 0 Å². The van der Waals surface area contributed by atoms with Crippen LogP contribution >= 0.6 is 0 Å². The molecule has 0 unspecified atom stereocenters. The maximum atomic E-state index is 13.5. The highest BCUT2D eigenvalue weighted by molar-refractivity contribution is 5.94. The van der Waals surface area contributed by atoms with Gasteiger partial charge >= 0.3 is 6.18 Å². The van der Waals surface area contributed by atoms with E-state index < -0.39 is 23.8 Å². The van der Waals surface area contributed by atoms with Gasteiger partial charge in [-0.25, -0.2) is 0 Å². The molecule has 2 aromatic carbocycles. The van der Waals surface area contributed by atoms with Crippen LogP contribution < -0.4 is 0 Å². The maximum Gasteiger partial charge on any atom is 0.417 e. The minimum Gasteiger partial charge on any atom is -0.391 e. The van der Waals surface area contributed by atoms with E-state index in [0.717, 1.165) is 6.07 Å². The van der Waals surface area contributed by atoms with Crippen LogP contribution in [0.4, 0.5) is 13.2 Å². The molecule has 26 heavy (non-hydrogen) atoms. The van der Waals surface area contributed by atoms with Crippen molar-refractivity contribution in [2.45, 2.75) is 18.7 Å². The second-order valence-corrected chi connectivity index (χ2v) is 6.07. The molecular weight excluding hydrogens is 343 g/mol. The summed E-state index contributed by atoms with van der Waals surface area (Å²) >= 11 is 0. The van der Waals surface area contributed by atoms with Crippen LogP contribution in [0.5, 0.6) is 0 Å². The first-order valence-electron chi connectivity index (χ1n) is 8.10. The topological polar surface area (TPSA) is 40.5 Å². The first-order valence-corrected chi connectivity index (χ1v) is 8.10. The molecule has 134 valence electrons. The van der Waals surface area contributed by atoms with Gasteiger partial charge in [0.2, 0.25) is 0 Å². The molecule has 3 rings (SSSR count). The molecule has 1 atom stereocenters. The number of benzene rings is 2. The Kier molecular flexibility index (Phi) is 5.01. The van der Waals surface area contributed by atoms with Gasteiger partial charge in [0.25, 0.3) is 5.91 Å². The Morgan fingerprint density at radius 3 is 2.50 bits per heavy atom. The van der Waals surface area contributed by atoms with E-state index in [1.54, 1.807) is 30.3 Å². The van der Waals surface area contributed by atoms with E-state index in [-0.39, 0.29) is 17.7 Å². The Labute approximate surface area is 149 Å². The number of hydrogen-bond acceptors (Lipinski definition) is 2. The summed E-state index contributed by atoms with van der Waals surface area (Å²) in [5.74, 6) is 4.36. The number of β-amino-alcohol motifs (C(OH)–C–C–N with tert-alkyl or cyclic N) is 1. The van der Waals surface area contributed by atoms with Crippen molar-refractivity contribution in [1.29, 1.82) is 0 Å². The smallest absolute Gasteiger partial charge is 0.391 e. The Bertz CT molecular complexity index is 866. The van der Waals surface area contributed by atoms with Crippen LogP contribution in [0.2, 0.25) is 0 Å². The van der Waals surface area contributed by atoms with E-state index in [9.17, 15) is 23.1 Å². The molecule has 0 aromatic heterocycles. The van der Waals surface area contributed by atoms with Gasteiger partial charge in [-0.2, -0.15) is 13.2 Å². The summed E-state index contributed by atoms with van der Waals surface area (Å²) in [4.78, 5) is 13.3. The van der Waals surface area contributed by atoms with Crippen molar-refractivity contribution in [3.8, 4) is 23.0 Å². The van der Waals surface area contributed by atoms with Crippen LogP contribution in [-0.2, 0) is 11.0 Å². The number of carbonyl (C=O) groups is 1. The highest BCUT2D eigenvalue weighted by Gasteiger charge is 2.34. The average Bonchev–Trinajstić information content (AvgIpc) is 3.06. The molecule has 1 saturated heterocycles. The van der Waals surface area contributed by atoms with E-state index >= 15 is 0 Å². The average molecular weight is 359 g/mol. The molecule has 1 aliphatic heterocycles. The van der Waals surface area contributed by atoms with Gasteiger partial charge in [-0.15, -0.1) is 0 Å². The van der Waals surface area contributed by atoms with Gasteiger partial charge in [0, 0.05) is 24.6 Å². The SMILES string of the molecule is O=C(C#Cc1ccc(-c2ccccc2)c(C(F)(F)F)c1)N1CC[C@H](O)C1. The molecule has 1 aliphatic rings. The zero-order valence-corrected chi connectivity index (χ0v) is 13.8. The fourth-order valence-corrected chi connectivity index (χ4v) is 2.86.